The fraction of sp³-hybridized carbons (Fsp3) is 0.600. The Bertz CT molecular complexity index is 647. The molecule has 138 valence electrons. The summed E-state index contributed by atoms with van der Waals surface area (Å²) in [5, 5.41) is -0.218. The van der Waals surface area contributed by atoms with Gasteiger partial charge in [-0.15, -0.1) is 0 Å². The monoisotopic (exact) mass is 386 g/mol. The van der Waals surface area contributed by atoms with Gasteiger partial charge < -0.3 is 4.90 Å². The minimum atomic E-state index is -4.63. The molecule has 1 aromatic rings. The predicted molar refractivity (Wildman–Crippen MR) is 88.7 cm³/mol. The molecule has 0 spiro atoms. The third-order valence-corrected chi connectivity index (χ3v) is 6.24. The number of alkyl halides is 3. The number of rotatable bonds is 8. The second-order valence-corrected chi connectivity index (χ2v) is 7.48. The molecular weight excluding hydrogens is 365 g/mol. The Morgan fingerprint density at radius 2 is 1.62 bits per heavy atom. The van der Waals surface area contributed by atoms with E-state index in [1.165, 1.54) is 0 Å². The number of sulfonamides is 1. The summed E-state index contributed by atoms with van der Waals surface area (Å²) in [7, 11) is -4.10. The van der Waals surface area contributed by atoms with Crippen molar-refractivity contribution in [3.8, 4) is 0 Å². The highest BCUT2D eigenvalue weighted by molar-refractivity contribution is 7.89. The second kappa shape index (κ2) is 8.51. The van der Waals surface area contributed by atoms with E-state index in [0.717, 1.165) is 29.5 Å². The Labute approximate surface area is 146 Å². The van der Waals surface area contributed by atoms with Gasteiger partial charge in [0.15, 0.2) is 0 Å². The van der Waals surface area contributed by atoms with Crippen molar-refractivity contribution >= 4 is 21.6 Å². The average Bonchev–Trinajstić information content (AvgIpc) is 2.50. The van der Waals surface area contributed by atoms with Gasteiger partial charge >= 0.3 is 6.18 Å². The van der Waals surface area contributed by atoms with Crippen LogP contribution in [0.25, 0.3) is 0 Å². The third-order valence-electron chi connectivity index (χ3n) is 3.79. The smallest absolute Gasteiger partial charge is 0.303 e. The van der Waals surface area contributed by atoms with E-state index in [0.29, 0.717) is 12.6 Å². The van der Waals surface area contributed by atoms with Crippen LogP contribution in [0, 0.1) is 0 Å². The molecule has 0 aromatic heterocycles. The highest BCUT2D eigenvalue weighted by Crippen LogP contribution is 2.34. The SMILES string of the molecule is CCN(CC)CCN(CC)S(=O)(=O)c1cc(C(F)(F)F)ccc1Cl. The fourth-order valence-corrected chi connectivity index (χ4v) is 4.20. The summed E-state index contributed by atoms with van der Waals surface area (Å²) in [6, 6.07) is 2.33. The van der Waals surface area contributed by atoms with E-state index in [-0.39, 0.29) is 18.1 Å². The van der Waals surface area contributed by atoms with Crippen molar-refractivity contribution in [1.82, 2.24) is 9.21 Å². The molecular formula is C15H22ClF3N2O2S. The molecule has 0 atom stereocenters. The largest absolute Gasteiger partial charge is 0.416 e. The highest BCUT2D eigenvalue weighted by atomic mass is 35.5. The van der Waals surface area contributed by atoms with Gasteiger partial charge in [-0.1, -0.05) is 32.4 Å². The molecule has 0 aliphatic rings. The summed E-state index contributed by atoms with van der Waals surface area (Å²) in [5.74, 6) is 0. The lowest BCUT2D eigenvalue weighted by Gasteiger charge is -2.25. The lowest BCUT2D eigenvalue weighted by Crippen LogP contribution is -2.38. The summed E-state index contributed by atoms with van der Waals surface area (Å²) in [5.41, 5.74) is -1.04. The summed E-state index contributed by atoms with van der Waals surface area (Å²) >= 11 is 5.87. The minimum Gasteiger partial charge on any atom is -0.303 e. The van der Waals surface area contributed by atoms with E-state index in [2.05, 4.69) is 0 Å². The highest BCUT2D eigenvalue weighted by Gasteiger charge is 2.34. The van der Waals surface area contributed by atoms with Crippen LogP contribution in [0.5, 0.6) is 0 Å². The molecule has 1 rings (SSSR count). The first-order valence-corrected chi connectivity index (χ1v) is 9.48. The standard InChI is InChI=1S/C15H22ClF3N2O2S/c1-4-20(5-2)9-10-21(6-3)24(22,23)14-11-12(15(17,18)19)7-8-13(14)16/h7-8,11H,4-6,9-10H2,1-3H3. The quantitative estimate of drug-likeness (QED) is 0.683. The van der Waals surface area contributed by atoms with Gasteiger partial charge in [-0.3, -0.25) is 0 Å². The van der Waals surface area contributed by atoms with Crippen molar-refractivity contribution in [2.75, 3.05) is 32.7 Å². The zero-order valence-electron chi connectivity index (χ0n) is 13.9. The Morgan fingerprint density at radius 1 is 1.04 bits per heavy atom. The molecule has 4 nitrogen and oxygen atoms in total. The van der Waals surface area contributed by atoms with E-state index < -0.39 is 26.7 Å². The molecule has 0 aliphatic carbocycles. The fourth-order valence-electron chi connectivity index (χ4n) is 2.26. The lowest BCUT2D eigenvalue weighted by atomic mass is 10.2. The van der Waals surface area contributed by atoms with Crippen LogP contribution in [0.2, 0.25) is 5.02 Å². The summed E-state index contributed by atoms with van der Waals surface area (Å²) in [4.78, 5) is 1.52. The Morgan fingerprint density at radius 3 is 2.08 bits per heavy atom. The molecule has 9 heteroatoms. The Hall–Kier alpha value is -0.830. The van der Waals surface area contributed by atoms with Gasteiger partial charge in [-0.05, 0) is 31.3 Å². The van der Waals surface area contributed by atoms with Crippen LogP contribution < -0.4 is 0 Å². The maximum atomic E-state index is 12.9. The molecule has 0 N–H and O–H groups in total. The Kier molecular flexibility index (Phi) is 7.52. The van der Waals surface area contributed by atoms with Crippen molar-refractivity contribution in [3.05, 3.63) is 28.8 Å². The van der Waals surface area contributed by atoms with Crippen LogP contribution in [0.15, 0.2) is 23.1 Å². The zero-order chi connectivity index (χ0) is 18.5. The van der Waals surface area contributed by atoms with Crippen molar-refractivity contribution in [3.63, 3.8) is 0 Å². The maximum absolute atomic E-state index is 12.9. The first kappa shape index (κ1) is 21.2. The number of nitrogens with zero attached hydrogens (tertiary/aromatic N) is 2. The minimum absolute atomic E-state index is 0.149. The summed E-state index contributed by atoms with van der Waals surface area (Å²) < 4.78 is 65.1. The van der Waals surface area contributed by atoms with Crippen LogP contribution in [-0.2, 0) is 16.2 Å². The number of likely N-dealkylation sites (N-methyl/N-ethyl adjacent to an activating group) is 2. The first-order valence-electron chi connectivity index (χ1n) is 7.67. The molecule has 0 heterocycles. The number of hydrogen-bond acceptors (Lipinski definition) is 3. The summed E-state index contributed by atoms with van der Waals surface area (Å²) in [6.45, 7) is 7.91. The molecule has 1 aromatic carbocycles. The molecule has 0 radical (unpaired) electrons. The van der Waals surface area contributed by atoms with Crippen LogP contribution in [0.3, 0.4) is 0 Å². The van der Waals surface area contributed by atoms with Gasteiger partial charge in [-0.2, -0.15) is 17.5 Å². The van der Waals surface area contributed by atoms with E-state index in [1.54, 1.807) is 6.92 Å². The number of halogens is 4. The molecule has 0 amide bonds. The second-order valence-electron chi connectivity index (χ2n) is 5.17. The van der Waals surface area contributed by atoms with E-state index in [1.807, 2.05) is 18.7 Å². The van der Waals surface area contributed by atoms with Crippen molar-refractivity contribution in [1.29, 1.82) is 0 Å². The van der Waals surface area contributed by atoms with Crippen LogP contribution in [0.4, 0.5) is 13.2 Å². The van der Waals surface area contributed by atoms with E-state index in [4.69, 9.17) is 11.6 Å². The molecule has 0 saturated heterocycles. The van der Waals surface area contributed by atoms with Gasteiger partial charge in [0, 0.05) is 19.6 Å². The van der Waals surface area contributed by atoms with Crippen molar-refractivity contribution in [2.45, 2.75) is 31.8 Å². The van der Waals surface area contributed by atoms with Crippen LogP contribution >= 0.6 is 11.6 Å². The van der Waals surface area contributed by atoms with Gasteiger partial charge in [-0.25, -0.2) is 8.42 Å². The van der Waals surface area contributed by atoms with E-state index >= 15 is 0 Å². The van der Waals surface area contributed by atoms with Gasteiger partial charge in [0.1, 0.15) is 4.90 Å². The van der Waals surface area contributed by atoms with Gasteiger partial charge in [0.2, 0.25) is 10.0 Å². The maximum Gasteiger partial charge on any atom is 0.416 e. The zero-order valence-corrected chi connectivity index (χ0v) is 15.5. The third kappa shape index (κ3) is 5.08. The molecule has 0 saturated carbocycles. The molecule has 0 aliphatic heterocycles. The van der Waals surface area contributed by atoms with Crippen molar-refractivity contribution < 1.29 is 21.6 Å². The molecule has 0 bridgehead atoms. The van der Waals surface area contributed by atoms with E-state index in [9.17, 15) is 21.6 Å². The van der Waals surface area contributed by atoms with Gasteiger partial charge in [0.05, 0.1) is 10.6 Å². The first-order chi connectivity index (χ1) is 11.1. The molecule has 0 fully saturated rings. The Balaban J connectivity index is 3.17. The average molecular weight is 387 g/mol. The molecule has 24 heavy (non-hydrogen) atoms. The number of benzene rings is 1. The number of hydrogen-bond donors (Lipinski definition) is 0. The van der Waals surface area contributed by atoms with Crippen LogP contribution in [-0.4, -0.2) is 50.3 Å². The molecule has 0 unspecified atom stereocenters. The van der Waals surface area contributed by atoms with Crippen molar-refractivity contribution in [2.24, 2.45) is 0 Å². The van der Waals surface area contributed by atoms with Gasteiger partial charge in [0.25, 0.3) is 0 Å². The predicted octanol–water partition coefficient (Wildman–Crippen LogP) is 3.71. The summed E-state index contributed by atoms with van der Waals surface area (Å²) in [6.07, 6.45) is -4.63. The topological polar surface area (TPSA) is 40.6 Å². The lowest BCUT2D eigenvalue weighted by molar-refractivity contribution is -0.137. The normalized spacial score (nSPS) is 13.0. The van der Waals surface area contributed by atoms with Crippen LogP contribution in [0.1, 0.15) is 26.3 Å².